The molecule has 3 aromatic heterocycles. The summed E-state index contributed by atoms with van der Waals surface area (Å²) in [4.78, 5) is 30.6. The molecule has 0 N–H and O–H groups in total. The van der Waals surface area contributed by atoms with Crippen LogP contribution in [0.5, 0.6) is 0 Å². The van der Waals surface area contributed by atoms with Crippen molar-refractivity contribution in [3.8, 4) is 5.69 Å². The van der Waals surface area contributed by atoms with Crippen molar-refractivity contribution in [2.45, 2.75) is 0 Å². The molecule has 0 amide bonds. The van der Waals surface area contributed by atoms with Gasteiger partial charge in [-0.1, -0.05) is 30.3 Å². The predicted molar refractivity (Wildman–Crippen MR) is 109 cm³/mol. The molecule has 0 atom stereocenters. The summed E-state index contributed by atoms with van der Waals surface area (Å²) in [6.45, 7) is 0. The molecule has 0 bridgehead atoms. The van der Waals surface area contributed by atoms with Crippen LogP contribution in [0.15, 0.2) is 83.6 Å². The van der Waals surface area contributed by atoms with Crippen LogP contribution in [0.25, 0.3) is 15.9 Å². The Morgan fingerprint density at radius 1 is 0.897 bits per heavy atom. The Morgan fingerprint density at radius 3 is 2.45 bits per heavy atom. The van der Waals surface area contributed by atoms with Gasteiger partial charge in [0.2, 0.25) is 11.6 Å². The highest BCUT2D eigenvalue weighted by Gasteiger charge is 2.27. The van der Waals surface area contributed by atoms with Gasteiger partial charge >= 0.3 is 0 Å². The molecule has 0 saturated heterocycles. The van der Waals surface area contributed by atoms with Crippen LogP contribution in [0.2, 0.25) is 0 Å². The molecule has 0 saturated carbocycles. The number of para-hydroxylation sites is 2. The summed E-state index contributed by atoms with van der Waals surface area (Å²) in [7, 11) is 0. The number of ketones is 2. The van der Waals surface area contributed by atoms with Gasteiger partial charge in [-0.15, -0.1) is 11.3 Å². The van der Waals surface area contributed by atoms with Crippen molar-refractivity contribution in [3.63, 3.8) is 0 Å². The first kappa shape index (κ1) is 17.3. The van der Waals surface area contributed by atoms with Crippen molar-refractivity contribution >= 4 is 33.1 Å². The van der Waals surface area contributed by atoms with E-state index in [2.05, 4.69) is 10.1 Å². The number of furan rings is 1. The van der Waals surface area contributed by atoms with Gasteiger partial charge < -0.3 is 4.42 Å². The molecule has 0 aliphatic carbocycles. The van der Waals surface area contributed by atoms with E-state index in [9.17, 15) is 9.59 Å². The third kappa shape index (κ3) is 3.07. The van der Waals surface area contributed by atoms with E-state index in [-0.39, 0.29) is 22.0 Å². The lowest BCUT2D eigenvalue weighted by Crippen LogP contribution is -2.09. The molecule has 5 aromatic rings. The van der Waals surface area contributed by atoms with Crippen LogP contribution in [0, 0.1) is 0 Å². The molecule has 29 heavy (non-hydrogen) atoms. The lowest BCUT2D eigenvalue weighted by molar-refractivity contribution is 0.0986. The maximum atomic E-state index is 13.2. The van der Waals surface area contributed by atoms with Gasteiger partial charge in [0.05, 0.1) is 27.7 Å². The van der Waals surface area contributed by atoms with Gasteiger partial charge in [0.1, 0.15) is 5.69 Å². The first-order chi connectivity index (χ1) is 14.2. The number of carbonyl (C=O) groups excluding carboxylic acids is 2. The van der Waals surface area contributed by atoms with E-state index < -0.39 is 11.6 Å². The fourth-order valence-electron chi connectivity index (χ4n) is 3.03. The second kappa shape index (κ2) is 6.96. The molecule has 6 nitrogen and oxygen atoms in total. The Hall–Kier alpha value is -3.84. The Balaban J connectivity index is 1.64. The highest BCUT2D eigenvalue weighted by atomic mass is 32.1. The maximum absolute atomic E-state index is 13.2. The number of thiazole rings is 1. The van der Waals surface area contributed by atoms with Crippen molar-refractivity contribution in [2.75, 3.05) is 0 Å². The summed E-state index contributed by atoms with van der Waals surface area (Å²) in [5.41, 5.74) is 1.70. The van der Waals surface area contributed by atoms with Gasteiger partial charge in [-0.05, 0) is 36.4 Å². The number of benzene rings is 2. The number of hydrogen-bond acceptors (Lipinski definition) is 6. The lowest BCUT2D eigenvalue weighted by Gasteiger charge is -1.99. The van der Waals surface area contributed by atoms with Crippen LogP contribution in [0.3, 0.4) is 0 Å². The average molecular weight is 399 g/mol. The number of hydrogen-bond donors (Lipinski definition) is 0. The second-order valence-corrected chi connectivity index (χ2v) is 7.32. The minimum absolute atomic E-state index is 0.0503. The largest absolute Gasteiger partial charge is 0.461 e. The molecule has 0 radical (unpaired) electrons. The van der Waals surface area contributed by atoms with E-state index in [1.807, 2.05) is 54.6 Å². The SMILES string of the molecule is O=C(c1ccco1)c1cn(-c2ccccc2)nc1C(=O)c1nc2ccccc2s1. The molecule has 2 aromatic carbocycles. The van der Waals surface area contributed by atoms with Gasteiger partial charge in [-0.2, -0.15) is 5.10 Å². The van der Waals surface area contributed by atoms with Crippen molar-refractivity contribution < 1.29 is 14.0 Å². The van der Waals surface area contributed by atoms with Gasteiger partial charge in [0.25, 0.3) is 0 Å². The molecule has 5 rings (SSSR count). The molecular weight excluding hydrogens is 386 g/mol. The van der Waals surface area contributed by atoms with E-state index in [0.717, 1.165) is 15.9 Å². The fourth-order valence-corrected chi connectivity index (χ4v) is 3.94. The van der Waals surface area contributed by atoms with Gasteiger partial charge in [0.15, 0.2) is 10.8 Å². The lowest BCUT2D eigenvalue weighted by atomic mass is 10.1. The summed E-state index contributed by atoms with van der Waals surface area (Å²) in [5.74, 6) is -0.645. The number of rotatable bonds is 5. The van der Waals surface area contributed by atoms with Crippen molar-refractivity contribution in [3.05, 3.63) is 101 Å². The molecule has 0 aliphatic rings. The predicted octanol–water partition coefficient (Wildman–Crippen LogP) is 4.54. The summed E-state index contributed by atoms with van der Waals surface area (Å²) < 4.78 is 7.67. The minimum Gasteiger partial charge on any atom is -0.461 e. The van der Waals surface area contributed by atoms with E-state index >= 15 is 0 Å². The zero-order chi connectivity index (χ0) is 19.8. The molecule has 7 heteroatoms. The van der Waals surface area contributed by atoms with Crippen molar-refractivity contribution in [2.24, 2.45) is 0 Å². The molecule has 3 heterocycles. The minimum atomic E-state index is -0.401. The van der Waals surface area contributed by atoms with E-state index in [1.54, 1.807) is 18.3 Å². The highest BCUT2D eigenvalue weighted by molar-refractivity contribution is 7.20. The van der Waals surface area contributed by atoms with Crippen molar-refractivity contribution in [1.82, 2.24) is 14.8 Å². The number of fused-ring (bicyclic) bond motifs is 1. The third-order valence-electron chi connectivity index (χ3n) is 4.43. The van der Waals surface area contributed by atoms with Crippen LogP contribution >= 0.6 is 11.3 Å². The molecular formula is C22H13N3O3S. The summed E-state index contributed by atoms with van der Waals surface area (Å²) in [6.07, 6.45) is 2.98. The smallest absolute Gasteiger partial charge is 0.242 e. The topological polar surface area (TPSA) is 78.0 Å². The first-order valence-corrected chi connectivity index (χ1v) is 9.66. The first-order valence-electron chi connectivity index (χ1n) is 8.84. The quantitative estimate of drug-likeness (QED) is 0.406. The van der Waals surface area contributed by atoms with Gasteiger partial charge in [-0.3, -0.25) is 9.59 Å². The van der Waals surface area contributed by atoms with E-state index in [1.165, 1.54) is 22.3 Å². The van der Waals surface area contributed by atoms with E-state index in [4.69, 9.17) is 4.42 Å². The van der Waals surface area contributed by atoms with E-state index in [0.29, 0.717) is 0 Å². The summed E-state index contributed by atoms with van der Waals surface area (Å²) in [5, 5.41) is 4.72. The molecule has 140 valence electrons. The Labute approximate surface area is 169 Å². The Kier molecular flexibility index (Phi) is 4.14. The Bertz CT molecular complexity index is 1300. The van der Waals surface area contributed by atoms with Crippen LogP contribution in [0.1, 0.15) is 31.6 Å². The number of aromatic nitrogens is 3. The monoisotopic (exact) mass is 399 g/mol. The maximum Gasteiger partial charge on any atom is 0.242 e. The second-order valence-electron chi connectivity index (χ2n) is 6.29. The average Bonchev–Trinajstić information content (AvgIpc) is 3.52. The molecule has 0 unspecified atom stereocenters. The molecule has 0 spiro atoms. The molecule has 0 fully saturated rings. The Morgan fingerprint density at radius 2 is 1.69 bits per heavy atom. The fraction of sp³-hybridized carbons (Fsp3) is 0. The number of nitrogens with zero attached hydrogens (tertiary/aromatic N) is 3. The van der Waals surface area contributed by atoms with Crippen LogP contribution < -0.4 is 0 Å². The normalized spacial score (nSPS) is 11.0. The van der Waals surface area contributed by atoms with Crippen LogP contribution in [0.4, 0.5) is 0 Å². The van der Waals surface area contributed by atoms with Gasteiger partial charge in [-0.25, -0.2) is 9.67 Å². The summed E-state index contributed by atoms with van der Waals surface area (Å²) in [6, 6.07) is 20.0. The van der Waals surface area contributed by atoms with Crippen LogP contribution in [-0.2, 0) is 0 Å². The zero-order valence-corrected chi connectivity index (χ0v) is 15.8. The summed E-state index contributed by atoms with van der Waals surface area (Å²) >= 11 is 1.28. The standard InChI is InChI=1S/C22H13N3O3S/c26-20(17-10-6-12-28-17)15-13-25(14-7-2-1-3-8-14)24-19(15)21(27)22-23-16-9-4-5-11-18(16)29-22/h1-13H. The van der Waals surface area contributed by atoms with Gasteiger partial charge in [0, 0.05) is 6.20 Å². The molecule has 0 aliphatic heterocycles. The van der Waals surface area contributed by atoms with Crippen molar-refractivity contribution in [1.29, 1.82) is 0 Å². The van der Waals surface area contributed by atoms with Crippen LogP contribution in [-0.4, -0.2) is 26.3 Å². The third-order valence-corrected chi connectivity index (χ3v) is 5.46. The highest BCUT2D eigenvalue weighted by Crippen LogP contribution is 2.26. The zero-order valence-electron chi connectivity index (χ0n) is 15.0. The number of carbonyl (C=O) groups is 2.